The first kappa shape index (κ1) is 26.1. The van der Waals surface area contributed by atoms with E-state index in [1.54, 1.807) is 0 Å². The highest BCUT2D eigenvalue weighted by molar-refractivity contribution is 6.15. The highest BCUT2D eigenvalue weighted by Crippen LogP contribution is 2.19. The Kier molecular flexibility index (Phi) is 13.4. The normalized spacial score (nSPS) is 13.5. The monoisotopic (exact) mass is 441 g/mol. The van der Waals surface area contributed by atoms with Gasteiger partial charge in [0.05, 0.1) is 12.1 Å². The van der Waals surface area contributed by atoms with Crippen molar-refractivity contribution in [2.75, 3.05) is 5.01 Å². The van der Waals surface area contributed by atoms with E-state index in [-0.39, 0.29) is 18.2 Å². The number of nitrogens with one attached hydrogen (secondary N) is 1. The van der Waals surface area contributed by atoms with Gasteiger partial charge >= 0.3 is 0 Å². The topological polar surface area (TPSA) is 61.8 Å². The fourth-order valence-electron chi connectivity index (χ4n) is 4.15. The SMILES string of the molecule is CCCCCCCCCCCCCCCCCC(=O)NC1=NN(c2ccccc2)C(=O)C1. The van der Waals surface area contributed by atoms with E-state index in [2.05, 4.69) is 17.3 Å². The van der Waals surface area contributed by atoms with Crippen molar-refractivity contribution in [1.82, 2.24) is 5.32 Å². The number of anilines is 1. The second-order valence-electron chi connectivity index (χ2n) is 9.01. The molecule has 0 aliphatic carbocycles. The molecule has 0 atom stereocenters. The molecule has 0 saturated carbocycles. The molecule has 178 valence electrons. The molecule has 0 radical (unpaired) electrons. The Morgan fingerprint density at radius 3 is 1.84 bits per heavy atom. The van der Waals surface area contributed by atoms with Crippen LogP contribution in [0.5, 0.6) is 0 Å². The van der Waals surface area contributed by atoms with Gasteiger partial charge in [0.1, 0.15) is 5.84 Å². The Hall–Kier alpha value is -2.17. The molecular weight excluding hydrogens is 398 g/mol. The predicted octanol–water partition coefficient (Wildman–Crippen LogP) is 7.11. The number of carbonyl (C=O) groups is 2. The van der Waals surface area contributed by atoms with Gasteiger partial charge in [0.15, 0.2) is 0 Å². The van der Waals surface area contributed by atoms with Crippen molar-refractivity contribution in [3.05, 3.63) is 30.3 Å². The third-order valence-corrected chi connectivity index (χ3v) is 6.07. The van der Waals surface area contributed by atoms with Crippen LogP contribution in [0, 0.1) is 0 Å². The summed E-state index contributed by atoms with van der Waals surface area (Å²) in [6, 6.07) is 9.30. The molecule has 0 aromatic heterocycles. The minimum atomic E-state index is -0.113. The van der Waals surface area contributed by atoms with Crippen LogP contribution >= 0.6 is 0 Å². The number of hydrogen-bond acceptors (Lipinski definition) is 3. The Bertz CT molecular complexity index is 687. The summed E-state index contributed by atoms with van der Waals surface area (Å²) in [5, 5.41) is 8.44. The van der Waals surface area contributed by atoms with Crippen LogP contribution in [0.3, 0.4) is 0 Å². The predicted molar refractivity (Wildman–Crippen MR) is 134 cm³/mol. The lowest BCUT2D eigenvalue weighted by molar-refractivity contribution is -0.119. The molecule has 5 heteroatoms. The molecule has 0 fully saturated rings. The van der Waals surface area contributed by atoms with Gasteiger partial charge < -0.3 is 5.32 Å². The van der Waals surface area contributed by atoms with E-state index < -0.39 is 0 Å². The maximum absolute atomic E-state index is 12.2. The first-order chi connectivity index (χ1) is 15.7. The van der Waals surface area contributed by atoms with E-state index in [4.69, 9.17) is 0 Å². The fraction of sp³-hybridized carbons (Fsp3) is 0.667. The molecule has 0 saturated heterocycles. The van der Waals surface area contributed by atoms with Crippen molar-refractivity contribution >= 4 is 23.3 Å². The Balaban J connectivity index is 1.42. The molecule has 1 heterocycles. The first-order valence-corrected chi connectivity index (χ1v) is 13.0. The lowest BCUT2D eigenvalue weighted by Gasteiger charge is -2.10. The third-order valence-electron chi connectivity index (χ3n) is 6.07. The minimum Gasteiger partial charge on any atom is -0.312 e. The van der Waals surface area contributed by atoms with Gasteiger partial charge in [-0.2, -0.15) is 10.1 Å². The van der Waals surface area contributed by atoms with E-state index in [1.807, 2.05) is 30.3 Å². The van der Waals surface area contributed by atoms with E-state index in [0.29, 0.717) is 12.3 Å². The van der Waals surface area contributed by atoms with Gasteiger partial charge in [-0.1, -0.05) is 115 Å². The molecule has 2 amide bonds. The summed E-state index contributed by atoms with van der Waals surface area (Å²) < 4.78 is 0. The smallest absolute Gasteiger partial charge is 0.255 e. The number of nitrogens with zero attached hydrogens (tertiary/aromatic N) is 2. The lowest BCUT2D eigenvalue weighted by atomic mass is 10.0. The molecule has 0 bridgehead atoms. The van der Waals surface area contributed by atoms with E-state index >= 15 is 0 Å². The largest absolute Gasteiger partial charge is 0.312 e. The van der Waals surface area contributed by atoms with Gasteiger partial charge in [-0.15, -0.1) is 0 Å². The number of hydrazone groups is 1. The van der Waals surface area contributed by atoms with Crippen molar-refractivity contribution in [3.8, 4) is 0 Å². The fourth-order valence-corrected chi connectivity index (χ4v) is 4.15. The molecule has 2 rings (SSSR count). The van der Waals surface area contributed by atoms with Crippen molar-refractivity contribution in [3.63, 3.8) is 0 Å². The summed E-state index contributed by atoms with van der Waals surface area (Å²) in [6.07, 6.45) is 20.3. The van der Waals surface area contributed by atoms with Crippen LogP contribution in [0.15, 0.2) is 35.4 Å². The van der Waals surface area contributed by atoms with Crippen LogP contribution in [-0.4, -0.2) is 17.6 Å². The zero-order chi connectivity index (χ0) is 22.9. The van der Waals surface area contributed by atoms with Crippen molar-refractivity contribution < 1.29 is 9.59 Å². The maximum atomic E-state index is 12.2. The van der Waals surface area contributed by atoms with Crippen LogP contribution in [-0.2, 0) is 9.59 Å². The van der Waals surface area contributed by atoms with Crippen molar-refractivity contribution in [2.24, 2.45) is 5.10 Å². The van der Waals surface area contributed by atoms with E-state index in [9.17, 15) is 9.59 Å². The summed E-state index contributed by atoms with van der Waals surface area (Å²) in [5.74, 6) is 0.296. The highest BCUT2D eigenvalue weighted by atomic mass is 16.2. The number of benzene rings is 1. The Labute approximate surface area is 195 Å². The van der Waals surface area contributed by atoms with Crippen molar-refractivity contribution in [1.29, 1.82) is 0 Å². The van der Waals surface area contributed by atoms with Crippen molar-refractivity contribution in [2.45, 2.75) is 116 Å². The minimum absolute atomic E-state index is 0.0406. The van der Waals surface area contributed by atoms with Gasteiger partial charge in [-0.05, 0) is 18.6 Å². The number of hydrogen-bond donors (Lipinski definition) is 1. The summed E-state index contributed by atoms with van der Waals surface area (Å²) in [6.45, 7) is 2.27. The molecular formula is C27H43N3O2. The molecule has 5 nitrogen and oxygen atoms in total. The quantitative estimate of drug-likeness (QED) is 0.262. The average molecular weight is 442 g/mol. The number of unbranched alkanes of at least 4 members (excludes halogenated alkanes) is 14. The number of amidine groups is 1. The molecule has 1 aromatic rings. The highest BCUT2D eigenvalue weighted by Gasteiger charge is 2.26. The second-order valence-corrected chi connectivity index (χ2v) is 9.01. The van der Waals surface area contributed by atoms with Gasteiger partial charge in [-0.3, -0.25) is 9.59 Å². The average Bonchev–Trinajstić information content (AvgIpc) is 3.16. The second kappa shape index (κ2) is 16.5. The van der Waals surface area contributed by atoms with Gasteiger partial charge in [0.2, 0.25) is 5.91 Å². The molecule has 1 N–H and O–H groups in total. The molecule has 32 heavy (non-hydrogen) atoms. The van der Waals surface area contributed by atoms with Gasteiger partial charge in [0.25, 0.3) is 5.91 Å². The third kappa shape index (κ3) is 10.9. The summed E-state index contributed by atoms with van der Waals surface area (Å²) >= 11 is 0. The lowest BCUT2D eigenvalue weighted by Crippen LogP contribution is -2.29. The number of rotatable bonds is 17. The first-order valence-electron chi connectivity index (χ1n) is 13.0. The van der Waals surface area contributed by atoms with Crippen LogP contribution in [0.4, 0.5) is 5.69 Å². The van der Waals surface area contributed by atoms with Gasteiger partial charge in [0, 0.05) is 6.42 Å². The molecule has 1 aliphatic rings. The van der Waals surface area contributed by atoms with Crippen LogP contribution in [0.25, 0.3) is 0 Å². The number of para-hydroxylation sites is 1. The van der Waals surface area contributed by atoms with Crippen LogP contribution in [0.1, 0.15) is 116 Å². The van der Waals surface area contributed by atoms with E-state index in [0.717, 1.165) is 18.5 Å². The summed E-state index contributed by atoms with van der Waals surface area (Å²) in [5.41, 5.74) is 0.726. The summed E-state index contributed by atoms with van der Waals surface area (Å²) in [4.78, 5) is 24.3. The van der Waals surface area contributed by atoms with Gasteiger partial charge in [-0.25, -0.2) is 0 Å². The van der Waals surface area contributed by atoms with Crippen LogP contribution < -0.4 is 10.3 Å². The molecule has 1 aliphatic heterocycles. The zero-order valence-corrected chi connectivity index (χ0v) is 20.1. The zero-order valence-electron chi connectivity index (χ0n) is 20.1. The number of carbonyl (C=O) groups excluding carboxylic acids is 2. The Morgan fingerprint density at radius 1 is 0.812 bits per heavy atom. The molecule has 0 spiro atoms. The maximum Gasteiger partial charge on any atom is 0.255 e. The molecule has 1 aromatic carbocycles. The Morgan fingerprint density at radius 2 is 1.31 bits per heavy atom. The van der Waals surface area contributed by atoms with Crippen LogP contribution in [0.2, 0.25) is 0 Å². The molecule has 0 unspecified atom stereocenters. The summed E-state index contributed by atoms with van der Waals surface area (Å²) in [7, 11) is 0. The number of amides is 2. The standard InChI is InChI=1S/C27H43N3O2/c1-2-3-4-5-6-7-8-9-10-11-12-13-14-15-19-22-26(31)28-25-23-27(32)30(29-25)24-20-17-16-18-21-24/h16-18,20-21H,2-15,19,22-23H2,1H3,(H,28,29,31). The van der Waals surface area contributed by atoms with E-state index in [1.165, 1.54) is 88.5 Å².